The molecule has 2 rings (SSSR count). The van der Waals surface area contributed by atoms with Gasteiger partial charge in [0.15, 0.2) is 0 Å². The van der Waals surface area contributed by atoms with Crippen LogP contribution < -0.4 is 0 Å². The number of hydrogen-bond donors (Lipinski definition) is 1. The average molecular weight is 303 g/mol. The van der Waals surface area contributed by atoms with Crippen LogP contribution in [0.15, 0.2) is 15.9 Å². The van der Waals surface area contributed by atoms with E-state index in [1.807, 2.05) is 12.1 Å². The molecule has 0 saturated heterocycles. The molecule has 1 heterocycles. The molecule has 86 valence electrons. The maximum absolute atomic E-state index is 11.4. The Hall–Kier alpha value is -0.680. The fraction of sp³-hybridized carbons (Fsp3) is 0.455. The van der Waals surface area contributed by atoms with Gasteiger partial charge >= 0.3 is 5.97 Å². The van der Waals surface area contributed by atoms with Gasteiger partial charge in [-0.25, -0.2) is 0 Å². The quantitative estimate of drug-likeness (QED) is 0.913. The SMILES string of the molecule is O=C1CCC(C(=O)O)C(c2ccc(Br)s2)C1. The van der Waals surface area contributed by atoms with Gasteiger partial charge < -0.3 is 5.11 Å². The highest BCUT2D eigenvalue weighted by Crippen LogP contribution is 2.40. The molecule has 1 fully saturated rings. The van der Waals surface area contributed by atoms with Gasteiger partial charge in [-0.05, 0) is 34.5 Å². The van der Waals surface area contributed by atoms with Crippen LogP contribution in [-0.4, -0.2) is 16.9 Å². The van der Waals surface area contributed by atoms with Crippen molar-refractivity contribution in [3.8, 4) is 0 Å². The number of hydrogen-bond acceptors (Lipinski definition) is 3. The first-order valence-corrected chi connectivity index (χ1v) is 6.68. The summed E-state index contributed by atoms with van der Waals surface area (Å²) in [6.45, 7) is 0. The van der Waals surface area contributed by atoms with Gasteiger partial charge in [0.05, 0.1) is 9.70 Å². The number of carboxylic acid groups (broad SMARTS) is 1. The van der Waals surface area contributed by atoms with E-state index in [0.717, 1.165) is 8.66 Å². The third-order valence-electron chi connectivity index (χ3n) is 2.94. The van der Waals surface area contributed by atoms with Crippen molar-refractivity contribution in [3.05, 3.63) is 20.8 Å². The number of Topliss-reactive ketones (excluding diaryl/α,β-unsaturated/α-hetero) is 1. The zero-order chi connectivity index (χ0) is 11.7. The Labute approximate surface area is 106 Å². The summed E-state index contributed by atoms with van der Waals surface area (Å²) in [6, 6.07) is 3.81. The Bertz CT molecular complexity index is 427. The lowest BCUT2D eigenvalue weighted by Crippen LogP contribution is -2.28. The normalized spacial score (nSPS) is 25.7. The minimum atomic E-state index is -0.790. The summed E-state index contributed by atoms with van der Waals surface area (Å²) in [4.78, 5) is 23.5. The number of carboxylic acids is 1. The fourth-order valence-corrected chi connectivity index (χ4v) is 3.72. The van der Waals surface area contributed by atoms with Gasteiger partial charge in [-0.2, -0.15) is 0 Å². The first kappa shape index (κ1) is 11.8. The highest BCUT2D eigenvalue weighted by atomic mass is 79.9. The predicted octanol–water partition coefficient (Wildman–Crippen LogP) is 3.05. The van der Waals surface area contributed by atoms with Crippen LogP contribution in [0.25, 0.3) is 0 Å². The van der Waals surface area contributed by atoms with E-state index in [2.05, 4.69) is 15.9 Å². The van der Waals surface area contributed by atoms with Crippen molar-refractivity contribution >= 4 is 39.0 Å². The lowest BCUT2D eigenvalue weighted by Gasteiger charge is -2.26. The van der Waals surface area contributed by atoms with Crippen molar-refractivity contribution in [1.29, 1.82) is 0 Å². The summed E-state index contributed by atoms with van der Waals surface area (Å²) in [6.07, 6.45) is 1.23. The summed E-state index contributed by atoms with van der Waals surface area (Å²) in [5, 5.41) is 9.14. The van der Waals surface area contributed by atoms with E-state index in [9.17, 15) is 9.59 Å². The largest absolute Gasteiger partial charge is 0.481 e. The van der Waals surface area contributed by atoms with E-state index >= 15 is 0 Å². The molecule has 2 unspecified atom stereocenters. The Morgan fingerprint density at radius 3 is 2.81 bits per heavy atom. The standard InChI is InChI=1S/C11H11BrO3S/c12-10-4-3-9(16-10)8-5-6(13)1-2-7(8)11(14)15/h3-4,7-8H,1-2,5H2,(H,14,15). The smallest absolute Gasteiger partial charge is 0.307 e. The van der Waals surface area contributed by atoms with Crippen molar-refractivity contribution in [2.75, 3.05) is 0 Å². The fourth-order valence-electron chi connectivity index (χ4n) is 2.13. The van der Waals surface area contributed by atoms with Crippen LogP contribution in [0.2, 0.25) is 0 Å². The molecule has 1 aliphatic carbocycles. The van der Waals surface area contributed by atoms with Crippen molar-refractivity contribution in [2.45, 2.75) is 25.2 Å². The van der Waals surface area contributed by atoms with Crippen LogP contribution in [-0.2, 0) is 9.59 Å². The van der Waals surface area contributed by atoms with E-state index in [4.69, 9.17) is 5.11 Å². The molecule has 2 atom stereocenters. The van der Waals surface area contributed by atoms with Crippen molar-refractivity contribution in [1.82, 2.24) is 0 Å². The molecule has 0 bridgehead atoms. The number of carbonyl (C=O) groups excluding carboxylic acids is 1. The zero-order valence-electron chi connectivity index (χ0n) is 8.48. The number of carbonyl (C=O) groups is 2. The Morgan fingerprint density at radius 1 is 1.50 bits per heavy atom. The predicted molar refractivity (Wildman–Crippen MR) is 64.7 cm³/mol. The van der Waals surface area contributed by atoms with Gasteiger partial charge in [0.25, 0.3) is 0 Å². The third-order valence-corrected chi connectivity index (χ3v) is 4.70. The third kappa shape index (κ3) is 2.35. The van der Waals surface area contributed by atoms with Crippen LogP contribution in [0.3, 0.4) is 0 Å². The summed E-state index contributed by atoms with van der Waals surface area (Å²) < 4.78 is 0.977. The summed E-state index contributed by atoms with van der Waals surface area (Å²) >= 11 is 4.88. The minimum absolute atomic E-state index is 0.143. The molecule has 5 heteroatoms. The molecule has 1 N–H and O–H groups in total. The molecule has 0 aromatic carbocycles. The summed E-state index contributed by atoms with van der Waals surface area (Å²) in [5.74, 6) is -1.17. The molecule has 0 amide bonds. The molecule has 1 aromatic rings. The van der Waals surface area contributed by atoms with Gasteiger partial charge in [0, 0.05) is 23.6 Å². The summed E-state index contributed by atoms with van der Waals surface area (Å²) in [5.41, 5.74) is 0. The zero-order valence-corrected chi connectivity index (χ0v) is 10.9. The molecule has 1 saturated carbocycles. The lowest BCUT2D eigenvalue weighted by atomic mass is 9.78. The van der Waals surface area contributed by atoms with Crippen LogP contribution >= 0.6 is 27.3 Å². The second-order valence-electron chi connectivity index (χ2n) is 3.97. The highest BCUT2D eigenvalue weighted by Gasteiger charge is 2.35. The number of thiophene rings is 1. The lowest BCUT2D eigenvalue weighted by molar-refractivity contribution is -0.144. The van der Waals surface area contributed by atoms with Gasteiger partial charge in [-0.15, -0.1) is 11.3 Å². The molecule has 0 radical (unpaired) electrons. The average Bonchev–Trinajstić information content (AvgIpc) is 2.64. The number of halogens is 1. The molecule has 16 heavy (non-hydrogen) atoms. The topological polar surface area (TPSA) is 54.4 Å². The van der Waals surface area contributed by atoms with E-state index in [1.165, 1.54) is 11.3 Å². The molecule has 0 spiro atoms. The van der Waals surface area contributed by atoms with Crippen LogP contribution in [0.1, 0.15) is 30.1 Å². The first-order chi connectivity index (χ1) is 7.58. The van der Waals surface area contributed by atoms with E-state index in [-0.39, 0.29) is 11.7 Å². The van der Waals surface area contributed by atoms with Crippen LogP contribution in [0, 0.1) is 5.92 Å². The van der Waals surface area contributed by atoms with E-state index in [1.54, 1.807) is 0 Å². The minimum Gasteiger partial charge on any atom is -0.481 e. The molecular weight excluding hydrogens is 292 g/mol. The molecule has 0 aliphatic heterocycles. The Balaban J connectivity index is 2.27. The van der Waals surface area contributed by atoms with Crippen molar-refractivity contribution in [3.63, 3.8) is 0 Å². The van der Waals surface area contributed by atoms with Crippen molar-refractivity contribution < 1.29 is 14.7 Å². The highest BCUT2D eigenvalue weighted by molar-refractivity contribution is 9.11. The van der Waals surface area contributed by atoms with Gasteiger partial charge in [-0.3, -0.25) is 9.59 Å². The maximum Gasteiger partial charge on any atom is 0.307 e. The van der Waals surface area contributed by atoms with Crippen LogP contribution in [0.4, 0.5) is 0 Å². The first-order valence-electron chi connectivity index (χ1n) is 5.07. The maximum atomic E-state index is 11.4. The van der Waals surface area contributed by atoms with Crippen LogP contribution in [0.5, 0.6) is 0 Å². The molecule has 3 nitrogen and oxygen atoms in total. The second-order valence-corrected chi connectivity index (χ2v) is 6.47. The number of aliphatic carboxylic acids is 1. The summed E-state index contributed by atoms with van der Waals surface area (Å²) in [7, 11) is 0. The monoisotopic (exact) mass is 302 g/mol. The van der Waals surface area contributed by atoms with E-state index in [0.29, 0.717) is 19.3 Å². The Morgan fingerprint density at radius 2 is 2.25 bits per heavy atom. The Kier molecular flexibility index (Phi) is 3.44. The molecular formula is C11H11BrO3S. The molecule has 1 aromatic heterocycles. The van der Waals surface area contributed by atoms with Gasteiger partial charge in [0.2, 0.25) is 0 Å². The van der Waals surface area contributed by atoms with E-state index < -0.39 is 11.9 Å². The van der Waals surface area contributed by atoms with Crippen molar-refractivity contribution in [2.24, 2.45) is 5.92 Å². The van der Waals surface area contributed by atoms with Gasteiger partial charge in [0.1, 0.15) is 5.78 Å². The number of rotatable bonds is 2. The second kappa shape index (κ2) is 4.67. The van der Waals surface area contributed by atoms with Gasteiger partial charge in [-0.1, -0.05) is 0 Å². The number of ketones is 1. The molecule has 1 aliphatic rings.